The number of carbonyl (C=O) groups excluding carboxylic acids is 2. The standard InChI is InChI=1S/C14H14N2O2S/c1-8-2-3-9-7-16(14(18)10(9)6-8)11-4-5-12(17)15-13(11)19/h2-3,6,11H,4-5,7H2,1H3,(H,15,17,19). The predicted octanol–water partition coefficient (Wildman–Crippen LogP) is 1.56. The van der Waals surface area contributed by atoms with Crippen molar-refractivity contribution in [2.45, 2.75) is 32.4 Å². The molecular weight excluding hydrogens is 260 g/mol. The van der Waals surface area contributed by atoms with Crippen LogP contribution in [0.15, 0.2) is 18.2 Å². The normalized spacial score (nSPS) is 22.5. The van der Waals surface area contributed by atoms with Crippen molar-refractivity contribution in [1.82, 2.24) is 10.2 Å². The van der Waals surface area contributed by atoms with Gasteiger partial charge in [0.25, 0.3) is 5.91 Å². The van der Waals surface area contributed by atoms with E-state index in [9.17, 15) is 9.59 Å². The minimum Gasteiger partial charge on any atom is -0.325 e. The molecule has 2 amide bonds. The summed E-state index contributed by atoms with van der Waals surface area (Å²) in [6, 6.07) is 5.76. The molecule has 0 spiro atoms. The Morgan fingerprint density at radius 1 is 1.37 bits per heavy atom. The molecule has 0 saturated carbocycles. The Balaban J connectivity index is 1.88. The Hall–Kier alpha value is -1.75. The molecular formula is C14H14N2O2S. The van der Waals surface area contributed by atoms with Crippen molar-refractivity contribution in [3.63, 3.8) is 0 Å². The van der Waals surface area contributed by atoms with Gasteiger partial charge in [-0.1, -0.05) is 29.9 Å². The zero-order valence-corrected chi connectivity index (χ0v) is 11.4. The second kappa shape index (κ2) is 4.42. The van der Waals surface area contributed by atoms with Crippen LogP contribution < -0.4 is 5.32 Å². The molecule has 1 saturated heterocycles. The van der Waals surface area contributed by atoms with E-state index in [1.165, 1.54) is 0 Å². The second-order valence-electron chi connectivity index (χ2n) is 5.06. The van der Waals surface area contributed by atoms with E-state index in [0.717, 1.165) is 16.7 Å². The number of amides is 2. The van der Waals surface area contributed by atoms with Gasteiger partial charge in [-0.05, 0) is 25.0 Å². The zero-order chi connectivity index (χ0) is 13.6. The second-order valence-corrected chi connectivity index (χ2v) is 5.50. The van der Waals surface area contributed by atoms with Crippen molar-refractivity contribution in [2.24, 2.45) is 0 Å². The molecule has 1 aromatic rings. The van der Waals surface area contributed by atoms with E-state index >= 15 is 0 Å². The number of hydrogen-bond donors (Lipinski definition) is 1. The highest BCUT2D eigenvalue weighted by Gasteiger charge is 2.36. The minimum absolute atomic E-state index is 0.0159. The zero-order valence-electron chi connectivity index (χ0n) is 10.6. The molecule has 0 radical (unpaired) electrons. The third kappa shape index (κ3) is 2.04. The number of piperidine rings is 1. The van der Waals surface area contributed by atoms with Gasteiger partial charge in [-0.15, -0.1) is 0 Å². The van der Waals surface area contributed by atoms with Crippen molar-refractivity contribution >= 4 is 29.0 Å². The summed E-state index contributed by atoms with van der Waals surface area (Å²) in [5, 5.41) is 2.66. The van der Waals surface area contributed by atoms with Gasteiger partial charge in [-0.3, -0.25) is 9.59 Å². The van der Waals surface area contributed by atoms with Gasteiger partial charge in [0.1, 0.15) is 4.99 Å². The van der Waals surface area contributed by atoms with Crippen molar-refractivity contribution in [3.05, 3.63) is 34.9 Å². The van der Waals surface area contributed by atoms with E-state index in [1.807, 2.05) is 25.1 Å². The van der Waals surface area contributed by atoms with Gasteiger partial charge >= 0.3 is 0 Å². The third-order valence-electron chi connectivity index (χ3n) is 3.68. The number of hydrogen-bond acceptors (Lipinski definition) is 3. The summed E-state index contributed by atoms with van der Waals surface area (Å²) in [5.41, 5.74) is 2.88. The third-order valence-corrected chi connectivity index (χ3v) is 4.06. The van der Waals surface area contributed by atoms with Crippen molar-refractivity contribution < 1.29 is 9.59 Å². The molecule has 19 heavy (non-hydrogen) atoms. The monoisotopic (exact) mass is 274 g/mol. The van der Waals surface area contributed by atoms with Gasteiger partial charge in [-0.25, -0.2) is 0 Å². The van der Waals surface area contributed by atoms with Crippen LogP contribution in [0, 0.1) is 6.92 Å². The Morgan fingerprint density at radius 2 is 2.16 bits per heavy atom. The van der Waals surface area contributed by atoms with Crippen LogP contribution in [-0.4, -0.2) is 27.7 Å². The number of benzene rings is 1. The van der Waals surface area contributed by atoms with Crippen LogP contribution in [0.25, 0.3) is 0 Å². The van der Waals surface area contributed by atoms with Crippen molar-refractivity contribution in [3.8, 4) is 0 Å². The fraction of sp³-hybridized carbons (Fsp3) is 0.357. The largest absolute Gasteiger partial charge is 0.325 e. The lowest BCUT2D eigenvalue weighted by Crippen LogP contribution is -2.51. The van der Waals surface area contributed by atoms with E-state index < -0.39 is 0 Å². The molecule has 1 fully saturated rings. The summed E-state index contributed by atoms with van der Waals surface area (Å²) in [7, 11) is 0. The molecule has 98 valence electrons. The lowest BCUT2D eigenvalue weighted by atomic mass is 10.1. The highest BCUT2D eigenvalue weighted by Crippen LogP contribution is 2.28. The topological polar surface area (TPSA) is 49.4 Å². The van der Waals surface area contributed by atoms with Crippen LogP contribution in [0.4, 0.5) is 0 Å². The van der Waals surface area contributed by atoms with Crippen molar-refractivity contribution in [2.75, 3.05) is 0 Å². The number of aryl methyl sites for hydroxylation is 1. The van der Waals surface area contributed by atoms with E-state index in [2.05, 4.69) is 5.32 Å². The van der Waals surface area contributed by atoms with Crippen molar-refractivity contribution in [1.29, 1.82) is 0 Å². The van der Waals surface area contributed by atoms with Crippen LogP contribution >= 0.6 is 12.2 Å². The molecule has 0 aromatic heterocycles. The number of nitrogens with one attached hydrogen (secondary N) is 1. The molecule has 3 rings (SSSR count). The van der Waals surface area contributed by atoms with E-state index in [4.69, 9.17) is 12.2 Å². The molecule has 2 heterocycles. The molecule has 1 aromatic carbocycles. The molecule has 2 aliphatic rings. The highest BCUT2D eigenvalue weighted by molar-refractivity contribution is 7.80. The van der Waals surface area contributed by atoms with Gasteiger partial charge in [0, 0.05) is 18.5 Å². The summed E-state index contributed by atoms with van der Waals surface area (Å²) < 4.78 is 0. The number of nitrogens with zero attached hydrogens (tertiary/aromatic N) is 1. The maximum atomic E-state index is 12.4. The molecule has 1 N–H and O–H groups in total. The molecule has 5 heteroatoms. The minimum atomic E-state index is -0.159. The predicted molar refractivity (Wildman–Crippen MR) is 74.8 cm³/mol. The van der Waals surface area contributed by atoms with E-state index in [0.29, 0.717) is 24.4 Å². The molecule has 0 aliphatic carbocycles. The van der Waals surface area contributed by atoms with E-state index in [-0.39, 0.29) is 17.9 Å². The summed E-state index contributed by atoms with van der Waals surface area (Å²) >= 11 is 5.20. The highest BCUT2D eigenvalue weighted by atomic mass is 32.1. The van der Waals surface area contributed by atoms with Gasteiger partial charge in [0.2, 0.25) is 5.91 Å². The first-order valence-corrected chi connectivity index (χ1v) is 6.71. The maximum Gasteiger partial charge on any atom is 0.255 e. The van der Waals surface area contributed by atoms with Crippen LogP contribution in [0.3, 0.4) is 0 Å². The smallest absolute Gasteiger partial charge is 0.255 e. The fourth-order valence-electron chi connectivity index (χ4n) is 2.67. The Morgan fingerprint density at radius 3 is 2.89 bits per heavy atom. The number of carbonyl (C=O) groups is 2. The quantitative estimate of drug-likeness (QED) is 0.791. The van der Waals surface area contributed by atoms with Crippen LogP contribution in [0.5, 0.6) is 0 Å². The summed E-state index contributed by atoms with van der Waals surface area (Å²) in [6.45, 7) is 2.55. The first-order valence-electron chi connectivity index (χ1n) is 6.30. The molecule has 4 nitrogen and oxygen atoms in total. The van der Waals surface area contributed by atoms with Crippen LogP contribution in [-0.2, 0) is 11.3 Å². The Kier molecular flexibility index (Phi) is 2.86. The van der Waals surface area contributed by atoms with Gasteiger partial charge < -0.3 is 10.2 Å². The number of thiocarbonyl (C=S) groups is 1. The number of rotatable bonds is 1. The lowest BCUT2D eigenvalue weighted by Gasteiger charge is -2.31. The summed E-state index contributed by atoms with van der Waals surface area (Å²) in [6.07, 6.45) is 1.04. The van der Waals surface area contributed by atoms with Gasteiger partial charge in [0.15, 0.2) is 0 Å². The lowest BCUT2D eigenvalue weighted by molar-refractivity contribution is -0.120. The van der Waals surface area contributed by atoms with Gasteiger partial charge in [-0.2, -0.15) is 0 Å². The first kappa shape index (κ1) is 12.3. The average molecular weight is 274 g/mol. The Labute approximate surface area is 116 Å². The number of fused-ring (bicyclic) bond motifs is 1. The molecule has 0 bridgehead atoms. The average Bonchev–Trinajstić information content (AvgIpc) is 2.67. The first-order chi connectivity index (χ1) is 9.06. The molecule has 1 atom stereocenters. The Bertz CT molecular complexity index is 597. The SMILES string of the molecule is Cc1ccc2c(c1)C(=O)N(C1CCC(=O)NC1=S)C2. The summed E-state index contributed by atoms with van der Waals surface area (Å²) in [4.78, 5) is 25.9. The fourth-order valence-corrected chi connectivity index (χ4v) is 3.03. The summed E-state index contributed by atoms with van der Waals surface area (Å²) in [5.74, 6) is -0.0385. The van der Waals surface area contributed by atoms with Gasteiger partial charge in [0.05, 0.1) is 6.04 Å². The van der Waals surface area contributed by atoms with Crippen LogP contribution in [0.1, 0.15) is 34.3 Å². The molecule has 2 aliphatic heterocycles. The molecule has 1 unspecified atom stereocenters. The van der Waals surface area contributed by atoms with E-state index in [1.54, 1.807) is 4.90 Å². The maximum absolute atomic E-state index is 12.4. The van der Waals surface area contributed by atoms with Crippen LogP contribution in [0.2, 0.25) is 0 Å².